The molecule has 0 aliphatic carbocycles. The normalized spacial score (nSPS) is 14.4. The van der Waals surface area contributed by atoms with E-state index in [1.54, 1.807) is 55.8 Å². The second-order valence-electron chi connectivity index (χ2n) is 9.51. The van der Waals surface area contributed by atoms with Gasteiger partial charge in [0.15, 0.2) is 11.5 Å². The van der Waals surface area contributed by atoms with E-state index in [4.69, 9.17) is 18.9 Å². The maximum Gasteiger partial charge on any atom is 0.322 e. The second-order valence-corrected chi connectivity index (χ2v) is 10.5. The highest BCUT2D eigenvalue weighted by atomic mass is 32.1. The lowest BCUT2D eigenvalue weighted by Crippen LogP contribution is -2.47. The second kappa shape index (κ2) is 14.6. The van der Waals surface area contributed by atoms with Crippen LogP contribution in [0.1, 0.15) is 23.3 Å². The van der Waals surface area contributed by atoms with Crippen molar-refractivity contribution >= 4 is 29.0 Å². The number of hydrogen-bond acceptors (Lipinski definition) is 7. The van der Waals surface area contributed by atoms with Gasteiger partial charge < -0.3 is 34.1 Å². The molecule has 1 aliphatic rings. The monoisotopic (exact) mass is 567 g/mol. The summed E-state index contributed by atoms with van der Waals surface area (Å²) >= 11 is 1.60. The number of thiophene rings is 1. The first-order valence-corrected chi connectivity index (χ1v) is 14.2. The number of amides is 3. The van der Waals surface area contributed by atoms with Gasteiger partial charge in [0.05, 0.1) is 34.0 Å². The first-order chi connectivity index (χ1) is 19.5. The molecule has 3 amide bonds. The Bertz CT molecular complexity index is 1250. The summed E-state index contributed by atoms with van der Waals surface area (Å²) in [7, 11) is 4.78. The summed E-state index contributed by atoms with van der Waals surface area (Å²) in [6, 6.07) is 16.6. The quantitative estimate of drug-likeness (QED) is 0.311. The lowest BCUT2D eigenvalue weighted by molar-refractivity contribution is -0.132. The fourth-order valence-electron chi connectivity index (χ4n) is 4.60. The van der Waals surface area contributed by atoms with Crippen molar-refractivity contribution in [3.05, 3.63) is 70.4 Å². The molecular formula is C30H37N3O6S. The Morgan fingerprint density at radius 2 is 1.85 bits per heavy atom. The molecule has 1 fully saturated rings. The average Bonchev–Trinajstić information content (AvgIpc) is 3.69. The van der Waals surface area contributed by atoms with Crippen LogP contribution >= 0.6 is 11.3 Å². The largest absolute Gasteiger partial charge is 0.497 e. The van der Waals surface area contributed by atoms with Crippen molar-refractivity contribution in [3.63, 3.8) is 0 Å². The van der Waals surface area contributed by atoms with Crippen LogP contribution in [0.25, 0.3) is 0 Å². The number of nitrogens with one attached hydrogen (secondary N) is 1. The highest BCUT2D eigenvalue weighted by Gasteiger charge is 2.27. The summed E-state index contributed by atoms with van der Waals surface area (Å²) in [5.41, 5.74) is 1.62. The van der Waals surface area contributed by atoms with Crippen LogP contribution < -0.4 is 19.5 Å². The Labute approximate surface area is 239 Å². The molecule has 2 heterocycles. The Balaban J connectivity index is 1.49. The smallest absolute Gasteiger partial charge is 0.322 e. The molecule has 214 valence electrons. The van der Waals surface area contributed by atoms with Crippen LogP contribution in [-0.2, 0) is 22.5 Å². The summed E-state index contributed by atoms with van der Waals surface area (Å²) in [5.74, 6) is 1.81. The minimum atomic E-state index is -0.354. The van der Waals surface area contributed by atoms with Gasteiger partial charge in [-0.1, -0.05) is 18.2 Å². The zero-order chi connectivity index (χ0) is 28.3. The third kappa shape index (κ3) is 8.12. The Kier molecular flexibility index (Phi) is 10.7. The van der Waals surface area contributed by atoms with E-state index in [2.05, 4.69) is 5.32 Å². The van der Waals surface area contributed by atoms with Crippen LogP contribution in [0.2, 0.25) is 0 Å². The molecule has 1 N–H and O–H groups in total. The van der Waals surface area contributed by atoms with E-state index >= 15 is 0 Å². The zero-order valence-corrected chi connectivity index (χ0v) is 24.1. The Morgan fingerprint density at radius 3 is 2.55 bits per heavy atom. The molecular weight excluding hydrogens is 530 g/mol. The van der Waals surface area contributed by atoms with Crippen molar-refractivity contribution in [1.29, 1.82) is 0 Å². The minimum Gasteiger partial charge on any atom is -0.497 e. The number of carbonyl (C=O) groups excluding carboxylic acids is 2. The maximum absolute atomic E-state index is 13.8. The van der Waals surface area contributed by atoms with Crippen LogP contribution in [0.5, 0.6) is 17.2 Å². The number of anilines is 1. The van der Waals surface area contributed by atoms with Crippen LogP contribution in [0.15, 0.2) is 60.0 Å². The van der Waals surface area contributed by atoms with Gasteiger partial charge in [0, 0.05) is 36.3 Å². The zero-order valence-electron chi connectivity index (χ0n) is 23.3. The molecule has 1 atom stereocenters. The van der Waals surface area contributed by atoms with E-state index in [9.17, 15) is 9.59 Å². The molecule has 40 heavy (non-hydrogen) atoms. The van der Waals surface area contributed by atoms with E-state index in [1.165, 1.54) is 0 Å². The van der Waals surface area contributed by atoms with Crippen molar-refractivity contribution in [2.24, 2.45) is 0 Å². The predicted molar refractivity (Wildman–Crippen MR) is 156 cm³/mol. The molecule has 9 nitrogen and oxygen atoms in total. The van der Waals surface area contributed by atoms with E-state index < -0.39 is 0 Å². The van der Waals surface area contributed by atoms with E-state index in [1.807, 2.05) is 46.7 Å². The molecule has 0 spiro atoms. The lowest BCUT2D eigenvalue weighted by Gasteiger charge is -2.29. The van der Waals surface area contributed by atoms with Gasteiger partial charge >= 0.3 is 6.03 Å². The molecule has 0 radical (unpaired) electrons. The fraction of sp³-hybridized carbons (Fsp3) is 0.400. The van der Waals surface area contributed by atoms with Crippen LogP contribution in [0, 0.1) is 0 Å². The summed E-state index contributed by atoms with van der Waals surface area (Å²) in [6.45, 7) is 1.89. The Hall–Kier alpha value is -3.76. The number of nitrogens with zero attached hydrogens (tertiary/aromatic N) is 2. The van der Waals surface area contributed by atoms with Gasteiger partial charge in [-0.15, -0.1) is 11.3 Å². The highest BCUT2D eigenvalue weighted by molar-refractivity contribution is 7.09. The SMILES string of the molecule is COc1cccc(NC(=O)N(CC(=O)N(CCc2ccc(OC)c(OC)c2)Cc2cccs2)CC2CCCO2)c1. The summed E-state index contributed by atoms with van der Waals surface area (Å²) in [6.07, 6.45) is 2.33. The summed E-state index contributed by atoms with van der Waals surface area (Å²) in [4.78, 5) is 31.6. The highest BCUT2D eigenvalue weighted by Crippen LogP contribution is 2.28. The van der Waals surface area contributed by atoms with Gasteiger partial charge in [0.2, 0.25) is 5.91 Å². The van der Waals surface area contributed by atoms with Crippen LogP contribution in [0.4, 0.5) is 10.5 Å². The van der Waals surface area contributed by atoms with Gasteiger partial charge in [-0.3, -0.25) is 4.79 Å². The first-order valence-electron chi connectivity index (χ1n) is 13.3. The maximum atomic E-state index is 13.8. The lowest BCUT2D eigenvalue weighted by atomic mass is 10.1. The van der Waals surface area contributed by atoms with Gasteiger partial charge in [-0.05, 0) is 60.5 Å². The predicted octanol–water partition coefficient (Wildman–Crippen LogP) is 5.06. The summed E-state index contributed by atoms with van der Waals surface area (Å²) < 4.78 is 21.9. The molecule has 4 rings (SSSR count). The molecule has 0 saturated carbocycles. The van der Waals surface area contributed by atoms with Crippen LogP contribution in [-0.4, -0.2) is 75.4 Å². The molecule has 1 aliphatic heterocycles. The average molecular weight is 568 g/mol. The third-order valence-electron chi connectivity index (χ3n) is 6.78. The van der Waals surface area contributed by atoms with E-state index in [0.29, 0.717) is 55.6 Å². The Morgan fingerprint density at radius 1 is 1.00 bits per heavy atom. The number of rotatable bonds is 13. The number of urea groups is 1. The van der Waals surface area contributed by atoms with Gasteiger partial charge in [0.25, 0.3) is 0 Å². The molecule has 1 unspecified atom stereocenters. The topological polar surface area (TPSA) is 89.6 Å². The number of hydrogen-bond donors (Lipinski definition) is 1. The summed E-state index contributed by atoms with van der Waals surface area (Å²) in [5, 5.41) is 4.92. The van der Waals surface area contributed by atoms with Crippen LogP contribution in [0.3, 0.4) is 0 Å². The molecule has 10 heteroatoms. The van der Waals surface area contributed by atoms with E-state index in [0.717, 1.165) is 23.3 Å². The standard InChI is InChI=1S/C30H37N3O6S/c1-36-24-8-4-7-23(18-24)31-30(35)33(19-25-9-5-15-39-25)21-29(34)32(20-26-10-6-16-40-26)14-13-22-11-12-27(37-2)28(17-22)38-3/h4,6-8,10-12,16-18,25H,5,9,13-15,19-21H2,1-3H3,(H,31,35). The first kappa shape index (κ1) is 29.2. The van der Waals surface area contributed by atoms with Crippen molar-refractivity contribution < 1.29 is 28.5 Å². The number of methoxy groups -OCH3 is 3. The third-order valence-corrected chi connectivity index (χ3v) is 7.64. The minimum absolute atomic E-state index is 0.0625. The number of ether oxygens (including phenoxy) is 4. The molecule has 1 aromatic heterocycles. The fourth-order valence-corrected chi connectivity index (χ4v) is 5.32. The van der Waals surface area contributed by atoms with Crippen molar-refractivity contribution in [3.8, 4) is 17.2 Å². The molecule has 2 aromatic carbocycles. The molecule has 1 saturated heterocycles. The van der Waals surface area contributed by atoms with Crippen molar-refractivity contribution in [2.45, 2.75) is 31.9 Å². The van der Waals surface area contributed by atoms with Crippen molar-refractivity contribution in [1.82, 2.24) is 9.80 Å². The van der Waals surface area contributed by atoms with Gasteiger partial charge in [-0.25, -0.2) is 4.79 Å². The molecule has 0 bridgehead atoms. The number of benzene rings is 2. The van der Waals surface area contributed by atoms with E-state index in [-0.39, 0.29) is 24.6 Å². The number of carbonyl (C=O) groups is 2. The van der Waals surface area contributed by atoms with Gasteiger partial charge in [-0.2, -0.15) is 0 Å². The van der Waals surface area contributed by atoms with Crippen molar-refractivity contribution in [2.75, 3.05) is 52.9 Å². The molecule has 3 aromatic rings. The van der Waals surface area contributed by atoms with Gasteiger partial charge in [0.1, 0.15) is 12.3 Å².